The fourth-order valence-corrected chi connectivity index (χ4v) is 12.1. The lowest BCUT2D eigenvalue weighted by molar-refractivity contribution is -0.167. The molecule has 39 nitrogen and oxygen atoms in total. The Morgan fingerprint density at radius 3 is 1.04 bits per heavy atom. The first-order valence-electron chi connectivity index (χ1n) is 41.6. The lowest BCUT2D eigenvalue weighted by atomic mass is 9.77. The maximum absolute atomic E-state index is 14.1. The van der Waals surface area contributed by atoms with Crippen molar-refractivity contribution in [3.05, 3.63) is 264 Å². The van der Waals surface area contributed by atoms with Gasteiger partial charge in [-0.25, -0.2) is 86.7 Å². The van der Waals surface area contributed by atoms with Crippen molar-refractivity contribution < 1.29 is 107 Å². The number of benzene rings is 7. The van der Waals surface area contributed by atoms with Gasteiger partial charge >= 0.3 is 35.1 Å². The van der Waals surface area contributed by atoms with Crippen LogP contribution in [0.25, 0.3) is 68.8 Å². The number of rotatable bonds is 25. The Bertz CT molecular complexity index is 7200. The fourth-order valence-electron chi connectivity index (χ4n) is 10.4. The number of anilines is 4. The van der Waals surface area contributed by atoms with Crippen molar-refractivity contribution in [3.63, 3.8) is 0 Å². The van der Waals surface area contributed by atoms with Gasteiger partial charge in [0, 0.05) is 60.4 Å². The van der Waals surface area contributed by atoms with E-state index in [1.165, 1.54) is 35.0 Å². The largest absolute Gasteiger partial charge is 0.471 e. The quantitative estimate of drug-likeness (QED) is 0.0206. The number of halogens is 12. The molecule has 52 heteroatoms. The highest BCUT2D eigenvalue weighted by atomic mass is 79.9. The van der Waals surface area contributed by atoms with Gasteiger partial charge in [0.1, 0.15) is 23.3 Å². The summed E-state index contributed by atoms with van der Waals surface area (Å²) in [6.07, 6.45) is -2.03. The second-order valence-electron chi connectivity index (χ2n) is 23.6. The van der Waals surface area contributed by atoms with Gasteiger partial charge in [0.2, 0.25) is 56.6 Å². The van der Waals surface area contributed by atoms with E-state index in [-0.39, 0.29) is 76.1 Å². The second-order valence-corrected chi connectivity index (χ2v) is 28.8. The summed E-state index contributed by atoms with van der Waals surface area (Å²) >= 11 is 11.7. The van der Waals surface area contributed by atoms with E-state index in [9.17, 15) is 63.1 Å². The number of ether oxygens (including phenoxy) is 1. The van der Waals surface area contributed by atoms with Gasteiger partial charge in [0.05, 0.1) is 66.1 Å². The van der Waals surface area contributed by atoms with Gasteiger partial charge in [-0.1, -0.05) is 112 Å². The summed E-state index contributed by atoms with van der Waals surface area (Å²) in [5.41, 5.74) is 3.86. The first-order chi connectivity index (χ1) is 65.1. The fraction of sp³-hybridized carbons (Fsp3) is 0.181. The van der Waals surface area contributed by atoms with Gasteiger partial charge < -0.3 is 26.4 Å². The van der Waals surface area contributed by atoms with Gasteiger partial charge in [-0.2, -0.15) is 13.2 Å². The van der Waals surface area contributed by atoms with E-state index >= 15 is 0 Å². The number of carbonyl (C=O) groups excluding carboxylic acids is 1. The predicted molar refractivity (Wildman–Crippen MR) is 439 cm³/mol. The third kappa shape index (κ3) is 22.2. The average Bonchev–Trinajstić information content (AvgIpc) is 1.46. The monoisotopic (exact) mass is 2030 g/mol. The molecule has 8 aromatic heterocycles. The zero-order valence-electron chi connectivity index (χ0n) is 77.3. The molecule has 0 saturated carbocycles. The molecule has 1 aliphatic rings. The van der Waals surface area contributed by atoms with Crippen LogP contribution in [0.15, 0.2) is 237 Å². The zero-order valence-corrected chi connectivity index (χ0v) is 69.3. The van der Waals surface area contributed by atoms with Crippen LogP contribution < -0.4 is 60.1 Å². The maximum atomic E-state index is 14.1. The normalized spacial score (nSPS) is 14.4. The van der Waals surface area contributed by atoms with Crippen molar-refractivity contribution in [3.8, 4) is 68.8 Å². The average molecular weight is 2040 g/mol. The number of sulfonamides is 1. The van der Waals surface area contributed by atoms with E-state index in [4.69, 9.17) is 41.6 Å². The van der Waals surface area contributed by atoms with Crippen LogP contribution in [0.4, 0.5) is 54.0 Å². The summed E-state index contributed by atoms with van der Waals surface area (Å²) in [6, 6.07) is 33.8. The number of nitrogens with zero attached hydrogens (tertiary/aromatic N) is 16. The third-order valence-corrected chi connectivity index (χ3v) is 18.5. The molecular weight excluding hydrogens is 1960 g/mol. The Balaban J connectivity index is 0.000000179. The van der Waals surface area contributed by atoms with E-state index in [0.717, 1.165) is 63.3 Å². The molecule has 7 aromatic carbocycles. The van der Waals surface area contributed by atoms with Crippen LogP contribution in [0, 0.1) is 23.3 Å². The van der Waals surface area contributed by atoms with E-state index in [2.05, 4.69) is 169 Å². The Hall–Kier alpha value is -12.8. The molecule has 0 unspecified atom stereocenters. The van der Waals surface area contributed by atoms with Crippen LogP contribution in [0.3, 0.4) is 0 Å². The lowest BCUT2D eigenvalue weighted by Crippen LogP contribution is -2.46. The highest BCUT2D eigenvalue weighted by Gasteiger charge is 2.41. The van der Waals surface area contributed by atoms with Gasteiger partial charge in [0.25, 0.3) is 0 Å². The van der Waals surface area contributed by atoms with Crippen molar-refractivity contribution >= 4 is 115 Å². The van der Waals surface area contributed by atoms with Crippen molar-refractivity contribution in [1.29, 1.82) is 0 Å². The minimum atomic E-state index is -5.22. The van der Waals surface area contributed by atoms with Crippen molar-refractivity contribution in [2.24, 2.45) is 5.73 Å². The third-order valence-electron chi connectivity index (χ3n) is 15.7. The number of alkyl halides is 3. The van der Waals surface area contributed by atoms with E-state index < -0.39 is 183 Å². The van der Waals surface area contributed by atoms with Gasteiger partial charge in [-0.3, -0.25) is 33.5 Å². The lowest BCUT2D eigenvalue weighted by Gasteiger charge is -2.37. The van der Waals surface area contributed by atoms with Crippen LogP contribution in [0.5, 0.6) is 0 Å². The molecule has 16 rings (SSSR count). The molecular formula is C72H59Br4ClF7N23O16S. The number of carbonyl (C=O) groups is 1. The second kappa shape index (κ2) is 41.9. The maximum Gasteiger partial charge on any atom is 0.471 e. The number of aromatic nitrogens is 16. The highest BCUT2D eigenvalue weighted by Crippen LogP contribution is 2.38. The molecule has 1 saturated heterocycles. The molecule has 648 valence electrons. The predicted octanol–water partition coefficient (Wildman–Crippen LogP) is 11.2. The van der Waals surface area contributed by atoms with Crippen molar-refractivity contribution in [1.82, 2.24) is 90.2 Å². The summed E-state index contributed by atoms with van der Waals surface area (Å²) < 4.78 is 289. The summed E-state index contributed by atoms with van der Waals surface area (Å²) in [6.45, 7) is -15.7. The first kappa shape index (κ1) is 71.8. The number of hydrogen-bond donors (Lipinski definition) is 7. The van der Waals surface area contributed by atoms with Crippen LogP contribution in [-0.4, -0.2) is 159 Å². The molecule has 0 spiro atoms. The number of hydrogen-bond acceptors (Lipinski definition) is 33. The zero-order chi connectivity index (χ0) is 102. The minimum absolute atomic E-state index is 0. The molecule has 0 atom stereocenters. The molecule has 1 amide bonds. The van der Waals surface area contributed by atoms with Gasteiger partial charge in [-0.15, -0.1) is 12.4 Å². The Labute approximate surface area is 751 Å². The van der Waals surface area contributed by atoms with E-state index in [0.29, 0.717) is 27.5 Å². The molecule has 0 aliphatic carbocycles. The topological polar surface area (TPSA) is 506 Å². The standard InChI is InChI=1S/C31H24BrFN6O3.C13H12BrFN6O5S.C12H4BrF4N5O4.C12H10BrFN6O3.C4H8O.ClH/c32-25-20-24(16-17-26(25)33)39-29(38-41-30(39)40)27-28(37-42-36-27)34-18-19-35-31(21-10-4-1-5-11-21,22-12-6-2-7-13-22)23-14-8-3-9-15-23;1-27(23,24)17-5-4-16-11-10(18-26-19-11)12-20-25-13(22)21(12)7-2-3-9(15)8(14)6-7;13-5-3-4(1-2-6(5)14)22-9(21-25-11(22)24)7-8(20-26-19-7)18-10(23)12(15,16)17;13-7-5-6(1-2-8(7)14)20-11(19-22-12(20)21)9-10(16-4-3-15)18-23-17-9;1-2-4-5-3-1;/h1-17,20,35H,18-19H2,(H,34,37);2-3,6,17H,4-5H2,1H3,(H,16,19);1-3H,(H,18,20,23);1-2,5H,3-4,15H2,(H,16,18);1-4H2;1H/i17D,18D2,19D2;3D,4D2,5D2;2D;2D,3D2,4D2;;. The Morgan fingerprint density at radius 1 is 0.460 bits per heavy atom. The number of nitrogens with two attached hydrogens (primary N) is 1. The molecule has 0 radical (unpaired) electrons. The number of amides is 1. The highest BCUT2D eigenvalue weighted by molar-refractivity contribution is 9.11. The number of nitrogens with one attached hydrogen (secondary N) is 6. The Kier molecular flexibility index (Phi) is 24.2. The molecule has 15 aromatic rings. The van der Waals surface area contributed by atoms with Crippen molar-refractivity contribution in [2.45, 2.75) is 24.6 Å². The van der Waals surface area contributed by atoms with Crippen molar-refractivity contribution in [2.75, 3.05) is 79.7 Å². The van der Waals surface area contributed by atoms with Crippen LogP contribution in [0.1, 0.15) is 51.5 Å². The molecule has 1 fully saturated rings. The SMILES string of the molecule is C1CCOC1.Cl.[2H]c1cc(-n2c(-c3nonc3NC(=O)C(F)(F)F)noc2=O)cc(Br)c1F.[2H]c1cc(-n2c(-c3nonc3NC([2H])([2H])C([2H])([2H])N)noc2=O)cc(Br)c1F.[2H]c1cc(-n2c(-c3nonc3NC([2H])([2H])C([2H])([2H])NC(c3ccccc3)(c3ccccc3)c3ccccc3)noc2=O)cc(Br)c1F.[2H]c1cc(-n2c(-c3nonc3NC([2H])([2H])C([2H])([2H])NS(C)(=O)=O)noc2=O)cc(Br)c1F. The van der Waals surface area contributed by atoms with Crippen LogP contribution in [-0.2, 0) is 25.1 Å². The van der Waals surface area contributed by atoms with Gasteiger partial charge in [-0.05, 0) is 207 Å². The summed E-state index contributed by atoms with van der Waals surface area (Å²) in [5.74, 6) is -13.9. The smallest absolute Gasteiger partial charge is 0.381 e. The van der Waals surface area contributed by atoms with E-state index in [1.54, 1.807) is 0 Å². The molecule has 8 N–H and O–H groups in total. The molecule has 9 heterocycles. The van der Waals surface area contributed by atoms with Gasteiger partial charge in [0.15, 0.2) is 22.8 Å². The Morgan fingerprint density at radius 2 is 0.758 bits per heavy atom. The summed E-state index contributed by atoms with van der Waals surface area (Å²) in [5, 5.41) is 52.8. The molecule has 1 aliphatic heterocycles. The summed E-state index contributed by atoms with van der Waals surface area (Å²) in [7, 11) is -4.15. The molecule has 124 heavy (non-hydrogen) atoms. The summed E-state index contributed by atoms with van der Waals surface area (Å²) in [4.78, 5) is 60.0. The molecule has 0 bridgehead atoms. The van der Waals surface area contributed by atoms with Crippen LogP contribution in [0.2, 0.25) is 0 Å². The van der Waals surface area contributed by atoms with Crippen LogP contribution >= 0.6 is 76.1 Å². The van der Waals surface area contributed by atoms with E-state index in [1.807, 2.05) is 96.3 Å². The first-order valence-corrected chi connectivity index (χ1v) is 38.7. The minimum Gasteiger partial charge on any atom is -0.381 e.